The molecule has 0 radical (unpaired) electrons. The topological polar surface area (TPSA) is 113 Å². The van der Waals surface area contributed by atoms with Crippen LogP contribution in [0.5, 0.6) is 5.75 Å². The maximum absolute atomic E-state index is 13.7. The van der Waals surface area contributed by atoms with E-state index in [-0.39, 0.29) is 29.8 Å². The van der Waals surface area contributed by atoms with E-state index >= 15 is 0 Å². The van der Waals surface area contributed by atoms with Gasteiger partial charge in [-0.3, -0.25) is 4.79 Å². The minimum absolute atomic E-state index is 0.00658. The Hall–Kier alpha value is -3.40. The number of ether oxygens (including phenoxy) is 1. The molecule has 1 amide bonds. The molecular weight excluding hydrogens is 514 g/mol. The second-order valence-electron chi connectivity index (χ2n) is 10.2. The van der Waals surface area contributed by atoms with Gasteiger partial charge in [-0.2, -0.15) is 4.31 Å². The number of aliphatic hydroxyl groups excluding tert-OH is 1. The molecule has 0 saturated carbocycles. The summed E-state index contributed by atoms with van der Waals surface area (Å²) in [5.74, 6) is 0.254. The van der Waals surface area contributed by atoms with E-state index in [1.807, 2.05) is 51.1 Å². The molecule has 39 heavy (non-hydrogen) atoms. The van der Waals surface area contributed by atoms with Crippen molar-refractivity contribution >= 4 is 21.6 Å². The molecule has 0 aliphatic carbocycles. The van der Waals surface area contributed by atoms with Gasteiger partial charge in [-0.15, -0.1) is 0 Å². The molecule has 9 heteroatoms. The van der Waals surface area contributed by atoms with Crippen LogP contribution >= 0.6 is 0 Å². The van der Waals surface area contributed by atoms with Gasteiger partial charge in [-0.1, -0.05) is 50.2 Å². The van der Waals surface area contributed by atoms with Gasteiger partial charge >= 0.3 is 0 Å². The Balaban J connectivity index is 1.96. The molecule has 210 valence electrons. The van der Waals surface area contributed by atoms with E-state index < -0.39 is 22.2 Å². The first-order valence-corrected chi connectivity index (χ1v) is 14.4. The predicted octanol–water partition coefficient (Wildman–Crippen LogP) is 3.98. The Bertz CT molecular complexity index is 1340. The Morgan fingerprint density at radius 1 is 1.00 bits per heavy atom. The molecule has 0 heterocycles. The number of nitrogen functional groups attached to an aromatic ring is 1. The number of anilines is 1. The molecule has 0 fully saturated rings. The van der Waals surface area contributed by atoms with Gasteiger partial charge in [-0.05, 0) is 66.8 Å². The van der Waals surface area contributed by atoms with Crippen LogP contribution in [0.1, 0.15) is 35.3 Å². The summed E-state index contributed by atoms with van der Waals surface area (Å²) in [6, 6.07) is 20.1. The van der Waals surface area contributed by atoms with Crippen LogP contribution in [-0.4, -0.2) is 68.0 Å². The number of amides is 1. The zero-order valence-electron chi connectivity index (χ0n) is 23.2. The second kappa shape index (κ2) is 13.1. The average molecular weight is 554 g/mol. The highest BCUT2D eigenvalue weighted by Crippen LogP contribution is 2.24. The molecule has 0 unspecified atom stereocenters. The number of methoxy groups -OCH3 is 1. The fourth-order valence-electron chi connectivity index (χ4n) is 4.50. The SMILES string of the molecule is COc1ccc(S(=O)(=O)N(CC(C)C)C[C@@H](O)[C@H](Cc2ccccc2)N(C)C(=O)c2cc(N)ccc2C)cc1. The van der Waals surface area contributed by atoms with Crippen LogP contribution in [0, 0.1) is 12.8 Å². The van der Waals surface area contributed by atoms with Crippen molar-refractivity contribution in [2.75, 3.05) is 33.0 Å². The van der Waals surface area contributed by atoms with Crippen molar-refractivity contribution in [3.63, 3.8) is 0 Å². The third-order valence-corrected chi connectivity index (χ3v) is 8.54. The lowest BCUT2D eigenvalue weighted by atomic mass is 9.98. The first-order chi connectivity index (χ1) is 18.4. The van der Waals surface area contributed by atoms with Crippen molar-refractivity contribution in [1.82, 2.24) is 9.21 Å². The van der Waals surface area contributed by atoms with E-state index in [9.17, 15) is 18.3 Å². The first kappa shape index (κ1) is 30.1. The van der Waals surface area contributed by atoms with E-state index in [0.29, 0.717) is 23.4 Å². The lowest BCUT2D eigenvalue weighted by Gasteiger charge is -2.35. The molecule has 0 aliphatic rings. The lowest BCUT2D eigenvalue weighted by molar-refractivity contribution is 0.0370. The van der Waals surface area contributed by atoms with Crippen molar-refractivity contribution in [2.24, 2.45) is 5.92 Å². The summed E-state index contributed by atoms with van der Waals surface area (Å²) in [6.07, 6.45) is -0.837. The van der Waals surface area contributed by atoms with Crippen LogP contribution in [-0.2, 0) is 16.4 Å². The second-order valence-corrected chi connectivity index (χ2v) is 12.1. The number of carbonyl (C=O) groups is 1. The summed E-state index contributed by atoms with van der Waals surface area (Å²) in [6.45, 7) is 5.69. The monoisotopic (exact) mass is 553 g/mol. The van der Waals surface area contributed by atoms with Crippen molar-refractivity contribution in [3.8, 4) is 5.75 Å². The normalized spacial score (nSPS) is 13.3. The number of carbonyl (C=O) groups excluding carboxylic acids is 1. The number of likely N-dealkylation sites (N-methyl/N-ethyl adjacent to an activating group) is 1. The highest BCUT2D eigenvalue weighted by atomic mass is 32.2. The highest BCUT2D eigenvalue weighted by molar-refractivity contribution is 7.89. The predicted molar refractivity (Wildman–Crippen MR) is 154 cm³/mol. The third kappa shape index (κ3) is 7.59. The van der Waals surface area contributed by atoms with Gasteiger partial charge in [0.25, 0.3) is 5.91 Å². The van der Waals surface area contributed by atoms with Crippen molar-refractivity contribution in [1.29, 1.82) is 0 Å². The molecule has 3 N–H and O–H groups in total. The van der Waals surface area contributed by atoms with Crippen molar-refractivity contribution in [2.45, 2.75) is 44.2 Å². The number of rotatable bonds is 12. The number of benzene rings is 3. The van der Waals surface area contributed by atoms with E-state index in [0.717, 1.165) is 11.1 Å². The van der Waals surface area contributed by atoms with Gasteiger partial charge < -0.3 is 20.5 Å². The maximum Gasteiger partial charge on any atom is 0.254 e. The van der Waals surface area contributed by atoms with Crippen LogP contribution in [0.2, 0.25) is 0 Å². The number of aryl methyl sites for hydroxylation is 1. The molecule has 2 atom stereocenters. The molecule has 8 nitrogen and oxygen atoms in total. The smallest absolute Gasteiger partial charge is 0.254 e. The third-order valence-electron chi connectivity index (χ3n) is 6.70. The summed E-state index contributed by atoms with van der Waals surface area (Å²) in [5, 5.41) is 11.6. The quantitative estimate of drug-likeness (QED) is 0.328. The van der Waals surface area contributed by atoms with Gasteiger partial charge in [0.1, 0.15) is 5.75 Å². The number of sulfonamides is 1. The minimum Gasteiger partial charge on any atom is -0.497 e. The molecule has 3 rings (SSSR count). The molecule has 0 spiro atoms. The summed E-state index contributed by atoms with van der Waals surface area (Å²) in [7, 11) is -0.789. The molecule has 3 aromatic rings. The summed E-state index contributed by atoms with van der Waals surface area (Å²) >= 11 is 0. The fraction of sp³-hybridized carbons (Fsp3) is 0.367. The van der Waals surface area contributed by atoms with Gasteiger partial charge in [0, 0.05) is 31.4 Å². The van der Waals surface area contributed by atoms with Crippen molar-refractivity contribution < 1.29 is 23.1 Å². The highest BCUT2D eigenvalue weighted by Gasteiger charge is 2.34. The minimum atomic E-state index is -3.94. The Morgan fingerprint density at radius 2 is 1.64 bits per heavy atom. The molecule has 0 saturated heterocycles. The zero-order chi connectivity index (χ0) is 28.7. The lowest BCUT2D eigenvalue weighted by Crippen LogP contribution is -2.51. The number of hydrogen-bond acceptors (Lipinski definition) is 6. The fourth-order valence-corrected chi connectivity index (χ4v) is 6.12. The Labute approximate surface area is 232 Å². The van der Waals surface area contributed by atoms with Gasteiger partial charge in [0.2, 0.25) is 10.0 Å². The van der Waals surface area contributed by atoms with Crippen LogP contribution < -0.4 is 10.5 Å². The van der Waals surface area contributed by atoms with Crippen LogP contribution in [0.4, 0.5) is 5.69 Å². The van der Waals surface area contributed by atoms with E-state index in [4.69, 9.17) is 10.5 Å². The molecule has 0 aliphatic heterocycles. The molecular formula is C30H39N3O5S. The maximum atomic E-state index is 13.7. The standard InChI is InChI=1S/C30H39N3O5S/c1-21(2)19-33(39(36,37)26-15-13-25(38-5)14-16-26)20-29(34)28(17-23-9-7-6-8-10-23)32(4)30(35)27-18-24(31)12-11-22(27)3/h6-16,18,21,28-29,34H,17,19-20,31H2,1-5H3/t28-,29+/m0/s1. The first-order valence-electron chi connectivity index (χ1n) is 12.9. The number of nitrogens with zero attached hydrogens (tertiary/aromatic N) is 2. The van der Waals surface area contributed by atoms with E-state index in [1.165, 1.54) is 28.4 Å². The Kier molecular flexibility index (Phi) is 10.1. The summed E-state index contributed by atoms with van der Waals surface area (Å²) in [4.78, 5) is 15.2. The van der Waals surface area contributed by atoms with Crippen LogP contribution in [0.15, 0.2) is 77.7 Å². The van der Waals surface area contributed by atoms with Crippen LogP contribution in [0.25, 0.3) is 0 Å². The van der Waals surface area contributed by atoms with Gasteiger partial charge in [0.05, 0.1) is 24.2 Å². The van der Waals surface area contributed by atoms with Gasteiger partial charge in [0.15, 0.2) is 0 Å². The number of aliphatic hydroxyl groups is 1. The zero-order valence-corrected chi connectivity index (χ0v) is 24.1. The summed E-state index contributed by atoms with van der Waals surface area (Å²) in [5.41, 5.74) is 8.54. The Morgan fingerprint density at radius 3 is 2.23 bits per heavy atom. The number of hydrogen-bond donors (Lipinski definition) is 2. The van der Waals surface area contributed by atoms with Crippen molar-refractivity contribution in [3.05, 3.63) is 89.5 Å². The largest absolute Gasteiger partial charge is 0.497 e. The van der Waals surface area contributed by atoms with Crippen LogP contribution in [0.3, 0.4) is 0 Å². The summed E-state index contributed by atoms with van der Waals surface area (Å²) < 4.78 is 33.8. The van der Waals surface area contributed by atoms with E-state index in [2.05, 4.69) is 0 Å². The van der Waals surface area contributed by atoms with Gasteiger partial charge in [-0.25, -0.2) is 8.42 Å². The number of nitrogens with two attached hydrogens (primary N) is 1. The molecule has 3 aromatic carbocycles. The van der Waals surface area contributed by atoms with E-state index in [1.54, 1.807) is 37.4 Å². The average Bonchev–Trinajstić information content (AvgIpc) is 2.92. The molecule has 0 bridgehead atoms. The molecule has 0 aromatic heterocycles.